The van der Waals surface area contributed by atoms with Crippen LogP contribution in [-0.2, 0) is 0 Å². The van der Waals surface area contributed by atoms with Gasteiger partial charge in [0.05, 0.1) is 6.04 Å². The average molecular weight is 410 g/mol. The number of nitrogens with two attached hydrogens (primary N) is 1. The van der Waals surface area contributed by atoms with Crippen LogP contribution in [0.2, 0.25) is 0 Å². The van der Waals surface area contributed by atoms with Crippen molar-refractivity contribution in [3.63, 3.8) is 0 Å². The van der Waals surface area contributed by atoms with Crippen molar-refractivity contribution in [2.45, 2.75) is 6.04 Å². The first-order valence-electron chi connectivity index (χ1n) is 5.49. The fraction of sp³-hybridized carbons (Fsp3) is 0.0769. The predicted molar refractivity (Wildman–Crippen MR) is 77.3 cm³/mol. The van der Waals surface area contributed by atoms with Gasteiger partial charge in [0.15, 0.2) is 0 Å². The maximum atomic E-state index is 14.0. The Labute approximate surface area is 130 Å². The molecule has 0 amide bonds. The van der Waals surface area contributed by atoms with Crippen LogP contribution < -0.4 is 11.3 Å². The molecule has 1 atom stereocenters. The zero-order chi connectivity index (χ0) is 14.9. The van der Waals surface area contributed by atoms with Gasteiger partial charge in [-0.05, 0) is 30.3 Å². The van der Waals surface area contributed by atoms with E-state index in [0.29, 0.717) is 4.47 Å². The third kappa shape index (κ3) is 3.06. The molecule has 2 nitrogen and oxygen atoms in total. The zero-order valence-corrected chi connectivity index (χ0v) is 13.1. The summed E-state index contributed by atoms with van der Waals surface area (Å²) in [6.45, 7) is 0. The normalized spacial score (nSPS) is 12.5. The van der Waals surface area contributed by atoms with Gasteiger partial charge in [0.2, 0.25) is 0 Å². The lowest BCUT2D eigenvalue weighted by molar-refractivity contribution is 0.494. The van der Waals surface area contributed by atoms with Crippen LogP contribution in [0.25, 0.3) is 0 Å². The lowest BCUT2D eigenvalue weighted by atomic mass is 9.98. The van der Waals surface area contributed by atoms with Crippen LogP contribution in [0.15, 0.2) is 39.3 Å². The molecular formula is C13H9Br2F3N2. The summed E-state index contributed by atoms with van der Waals surface area (Å²) < 4.78 is 42.6. The molecule has 2 rings (SSSR count). The van der Waals surface area contributed by atoms with E-state index >= 15 is 0 Å². The topological polar surface area (TPSA) is 38.0 Å². The van der Waals surface area contributed by atoms with E-state index in [9.17, 15) is 13.2 Å². The molecule has 106 valence electrons. The molecule has 0 heterocycles. The number of hydrogen-bond donors (Lipinski definition) is 2. The van der Waals surface area contributed by atoms with E-state index < -0.39 is 23.5 Å². The van der Waals surface area contributed by atoms with Crippen LogP contribution in [0.4, 0.5) is 13.2 Å². The van der Waals surface area contributed by atoms with Crippen molar-refractivity contribution in [1.29, 1.82) is 0 Å². The number of hydrogen-bond acceptors (Lipinski definition) is 2. The van der Waals surface area contributed by atoms with Crippen LogP contribution in [0.3, 0.4) is 0 Å². The minimum absolute atomic E-state index is 0.0435. The summed E-state index contributed by atoms with van der Waals surface area (Å²) in [6.07, 6.45) is 0. The van der Waals surface area contributed by atoms with E-state index in [-0.39, 0.29) is 15.6 Å². The zero-order valence-electron chi connectivity index (χ0n) is 9.93. The fourth-order valence-electron chi connectivity index (χ4n) is 1.89. The van der Waals surface area contributed by atoms with Gasteiger partial charge >= 0.3 is 0 Å². The summed E-state index contributed by atoms with van der Waals surface area (Å²) in [5.41, 5.74) is 1.95. The Morgan fingerprint density at radius 1 is 0.900 bits per heavy atom. The molecule has 0 spiro atoms. The Balaban J connectivity index is 2.61. The molecule has 1 unspecified atom stereocenters. The molecule has 2 aromatic rings. The van der Waals surface area contributed by atoms with Crippen LogP contribution in [0.1, 0.15) is 17.2 Å². The van der Waals surface area contributed by atoms with E-state index in [4.69, 9.17) is 5.84 Å². The summed E-state index contributed by atoms with van der Waals surface area (Å²) in [4.78, 5) is 0. The maximum absolute atomic E-state index is 14.0. The number of halogens is 5. The molecule has 0 fully saturated rings. The molecule has 20 heavy (non-hydrogen) atoms. The second-order valence-electron chi connectivity index (χ2n) is 4.05. The summed E-state index contributed by atoms with van der Waals surface area (Å²) in [5, 5.41) is 0. The second-order valence-corrected chi connectivity index (χ2v) is 5.88. The SMILES string of the molecule is NNC(c1cc(Br)ccc1F)c1c(F)cc(Br)cc1F. The van der Waals surface area contributed by atoms with Crippen molar-refractivity contribution in [3.8, 4) is 0 Å². The Morgan fingerprint density at radius 3 is 2.05 bits per heavy atom. The molecular weight excluding hydrogens is 401 g/mol. The minimum atomic E-state index is -1.14. The molecule has 0 bridgehead atoms. The largest absolute Gasteiger partial charge is 0.271 e. The van der Waals surface area contributed by atoms with Gasteiger partial charge in [-0.15, -0.1) is 0 Å². The van der Waals surface area contributed by atoms with Crippen molar-refractivity contribution < 1.29 is 13.2 Å². The number of rotatable bonds is 3. The van der Waals surface area contributed by atoms with Gasteiger partial charge in [-0.2, -0.15) is 0 Å². The summed E-state index contributed by atoms with van der Waals surface area (Å²) >= 11 is 6.17. The number of hydrazine groups is 1. The molecule has 0 aliphatic carbocycles. The highest BCUT2D eigenvalue weighted by atomic mass is 79.9. The first-order chi connectivity index (χ1) is 9.43. The van der Waals surface area contributed by atoms with Crippen LogP contribution in [-0.4, -0.2) is 0 Å². The average Bonchev–Trinajstić information content (AvgIpc) is 2.37. The van der Waals surface area contributed by atoms with Gasteiger partial charge in [-0.25, -0.2) is 18.6 Å². The maximum Gasteiger partial charge on any atom is 0.132 e. The van der Waals surface area contributed by atoms with Gasteiger partial charge in [-0.1, -0.05) is 31.9 Å². The minimum Gasteiger partial charge on any atom is -0.271 e. The predicted octanol–water partition coefficient (Wildman–Crippen LogP) is 4.18. The smallest absolute Gasteiger partial charge is 0.132 e. The summed E-state index contributed by atoms with van der Waals surface area (Å²) in [6, 6.07) is 5.15. The van der Waals surface area contributed by atoms with Crippen LogP contribution in [0.5, 0.6) is 0 Å². The Kier molecular flexibility index (Phi) is 4.85. The monoisotopic (exact) mass is 408 g/mol. The van der Waals surface area contributed by atoms with E-state index in [1.807, 2.05) is 0 Å². The van der Waals surface area contributed by atoms with Crippen LogP contribution >= 0.6 is 31.9 Å². The van der Waals surface area contributed by atoms with Crippen LogP contribution in [0, 0.1) is 17.5 Å². The Hall–Kier alpha value is -0.890. The Morgan fingerprint density at radius 2 is 1.50 bits per heavy atom. The standard InChI is InChI=1S/C13H9Br2F3N2/c14-6-1-2-9(16)8(3-6)13(20-19)12-10(17)4-7(15)5-11(12)18/h1-5,13,20H,19H2. The number of nitrogens with one attached hydrogen (secondary N) is 1. The van der Waals surface area contributed by atoms with Crippen molar-refractivity contribution in [3.05, 3.63) is 67.9 Å². The molecule has 0 radical (unpaired) electrons. The summed E-state index contributed by atoms with van der Waals surface area (Å²) in [7, 11) is 0. The highest BCUT2D eigenvalue weighted by Crippen LogP contribution is 2.31. The van der Waals surface area contributed by atoms with Gasteiger partial charge in [0, 0.05) is 20.1 Å². The summed E-state index contributed by atoms with van der Waals surface area (Å²) in [5.74, 6) is 3.10. The van der Waals surface area contributed by atoms with E-state index in [0.717, 1.165) is 12.1 Å². The van der Waals surface area contributed by atoms with Gasteiger partial charge in [-0.3, -0.25) is 5.84 Å². The third-order valence-electron chi connectivity index (χ3n) is 2.77. The molecule has 0 aliphatic rings. The lowest BCUT2D eigenvalue weighted by Gasteiger charge is -2.19. The highest BCUT2D eigenvalue weighted by molar-refractivity contribution is 9.10. The van der Waals surface area contributed by atoms with Gasteiger partial charge in [0.1, 0.15) is 17.5 Å². The highest BCUT2D eigenvalue weighted by Gasteiger charge is 2.24. The quantitative estimate of drug-likeness (QED) is 0.589. The molecule has 3 N–H and O–H groups in total. The lowest BCUT2D eigenvalue weighted by Crippen LogP contribution is -2.31. The Bertz CT molecular complexity index is 627. The first kappa shape index (κ1) is 15.5. The first-order valence-corrected chi connectivity index (χ1v) is 7.08. The third-order valence-corrected chi connectivity index (χ3v) is 3.72. The molecule has 0 saturated heterocycles. The molecule has 2 aromatic carbocycles. The second kappa shape index (κ2) is 6.26. The van der Waals surface area contributed by atoms with Crippen molar-refractivity contribution in [2.24, 2.45) is 5.84 Å². The van der Waals surface area contributed by atoms with Crippen molar-refractivity contribution in [2.75, 3.05) is 0 Å². The van der Waals surface area contributed by atoms with Gasteiger partial charge < -0.3 is 0 Å². The molecule has 0 aliphatic heterocycles. The number of benzene rings is 2. The molecule has 7 heteroatoms. The van der Waals surface area contributed by atoms with Crippen molar-refractivity contribution in [1.82, 2.24) is 5.43 Å². The molecule has 0 aromatic heterocycles. The van der Waals surface area contributed by atoms with Gasteiger partial charge in [0.25, 0.3) is 0 Å². The molecule has 0 saturated carbocycles. The van der Waals surface area contributed by atoms with Crippen molar-refractivity contribution >= 4 is 31.9 Å². The van der Waals surface area contributed by atoms with E-state index in [2.05, 4.69) is 37.3 Å². The van der Waals surface area contributed by atoms with E-state index in [1.165, 1.54) is 18.2 Å². The van der Waals surface area contributed by atoms with E-state index in [1.54, 1.807) is 0 Å². The fourth-order valence-corrected chi connectivity index (χ4v) is 2.67.